The summed E-state index contributed by atoms with van der Waals surface area (Å²) in [6.07, 6.45) is 0.935. The van der Waals surface area contributed by atoms with Crippen molar-refractivity contribution in [1.29, 1.82) is 0 Å². The lowest BCUT2D eigenvalue weighted by molar-refractivity contribution is 0.0589. The van der Waals surface area contributed by atoms with Gasteiger partial charge in [0.15, 0.2) is 12.0 Å². The van der Waals surface area contributed by atoms with Crippen LogP contribution in [0, 0.1) is 0 Å². The fourth-order valence-corrected chi connectivity index (χ4v) is 3.68. The summed E-state index contributed by atoms with van der Waals surface area (Å²) >= 11 is 0. The summed E-state index contributed by atoms with van der Waals surface area (Å²) in [5, 5.41) is 31.5. The average molecular weight is 442 g/mol. The minimum atomic E-state index is -0.927. The second kappa shape index (κ2) is 9.37. The topological polar surface area (TPSA) is 121 Å². The van der Waals surface area contributed by atoms with Crippen molar-refractivity contribution in [2.75, 3.05) is 43.1 Å². The van der Waals surface area contributed by atoms with Gasteiger partial charge in [-0.1, -0.05) is 19.1 Å². The number of aliphatic hydroxyl groups is 2. The Kier molecular flexibility index (Phi) is 6.56. The molecular weight excluding hydrogens is 410 g/mol. The average Bonchev–Trinajstić information content (AvgIpc) is 3.15. The molecule has 10 heteroatoms. The van der Waals surface area contributed by atoms with Crippen LogP contribution in [0.2, 0.25) is 0 Å². The molecule has 1 aliphatic rings. The molecule has 0 spiro atoms. The third-order valence-corrected chi connectivity index (χ3v) is 5.17. The second-order valence-corrected chi connectivity index (χ2v) is 8.51. The van der Waals surface area contributed by atoms with E-state index in [-0.39, 0.29) is 0 Å². The van der Waals surface area contributed by atoms with Gasteiger partial charge in [-0.2, -0.15) is 10.1 Å². The van der Waals surface area contributed by atoms with E-state index in [1.54, 1.807) is 24.7 Å². The van der Waals surface area contributed by atoms with E-state index in [4.69, 9.17) is 14.7 Å². The Balaban J connectivity index is 1.73. The highest BCUT2D eigenvalue weighted by Crippen LogP contribution is 2.30. The molecule has 1 unspecified atom stereocenters. The largest absolute Gasteiger partial charge is 0.389 e. The summed E-state index contributed by atoms with van der Waals surface area (Å²) in [6.45, 7) is 9.11. The van der Waals surface area contributed by atoms with Crippen LogP contribution in [-0.2, 0) is 11.3 Å². The highest BCUT2D eigenvalue weighted by atomic mass is 16.5. The summed E-state index contributed by atoms with van der Waals surface area (Å²) in [6, 6.07) is 7.72. The minimum absolute atomic E-state index is 0.320. The van der Waals surface area contributed by atoms with Gasteiger partial charge in [0.25, 0.3) is 0 Å². The Hall–Kier alpha value is -2.79. The Morgan fingerprint density at radius 2 is 1.88 bits per heavy atom. The second-order valence-electron chi connectivity index (χ2n) is 8.51. The maximum absolute atomic E-state index is 10.3. The molecule has 32 heavy (non-hydrogen) atoms. The van der Waals surface area contributed by atoms with Gasteiger partial charge in [0.1, 0.15) is 0 Å². The summed E-state index contributed by atoms with van der Waals surface area (Å²) in [7, 11) is 0. The van der Waals surface area contributed by atoms with Crippen molar-refractivity contribution in [2.45, 2.75) is 39.3 Å². The number of aromatic nitrogens is 4. The number of fused-ring (bicyclic) bond motifs is 1. The van der Waals surface area contributed by atoms with E-state index < -0.39 is 12.0 Å². The zero-order chi connectivity index (χ0) is 22.7. The van der Waals surface area contributed by atoms with Gasteiger partial charge >= 0.3 is 0 Å². The number of morpholine rings is 1. The number of rotatable bonds is 8. The third kappa shape index (κ3) is 5.16. The molecule has 10 nitrogen and oxygen atoms in total. The van der Waals surface area contributed by atoms with Crippen LogP contribution in [-0.4, -0.2) is 74.8 Å². The van der Waals surface area contributed by atoms with E-state index in [9.17, 15) is 10.2 Å². The lowest BCUT2D eigenvalue weighted by atomic mass is 10.1. The molecule has 1 aliphatic heterocycles. The fourth-order valence-electron chi connectivity index (χ4n) is 3.68. The predicted molar refractivity (Wildman–Crippen MR) is 123 cm³/mol. The van der Waals surface area contributed by atoms with Crippen LogP contribution in [0.4, 0.5) is 11.6 Å². The monoisotopic (exact) mass is 441 g/mol. The van der Waals surface area contributed by atoms with Gasteiger partial charge in [-0.3, -0.25) is 5.32 Å². The molecule has 4 N–H and O–H groups in total. The van der Waals surface area contributed by atoms with Crippen molar-refractivity contribution in [3.63, 3.8) is 0 Å². The molecule has 3 heterocycles. The van der Waals surface area contributed by atoms with Crippen molar-refractivity contribution in [3.8, 4) is 11.3 Å². The highest BCUT2D eigenvalue weighted by molar-refractivity contribution is 5.91. The Morgan fingerprint density at radius 3 is 2.53 bits per heavy atom. The molecule has 1 atom stereocenters. The van der Waals surface area contributed by atoms with Crippen LogP contribution in [0.15, 0.2) is 30.5 Å². The van der Waals surface area contributed by atoms with Crippen LogP contribution in [0.3, 0.4) is 0 Å². The number of hydrogen-bond donors (Lipinski definition) is 4. The highest BCUT2D eigenvalue weighted by Gasteiger charge is 2.22. The van der Waals surface area contributed by atoms with E-state index in [1.807, 2.05) is 31.2 Å². The van der Waals surface area contributed by atoms with E-state index in [1.165, 1.54) is 0 Å². The molecule has 3 aromatic rings. The lowest BCUT2D eigenvalue weighted by Gasteiger charge is -2.27. The van der Waals surface area contributed by atoms with Crippen LogP contribution in [0.5, 0.6) is 0 Å². The number of benzene rings is 1. The normalized spacial score (nSPS) is 15.8. The quantitative estimate of drug-likeness (QED) is 0.384. The summed E-state index contributed by atoms with van der Waals surface area (Å²) in [5.41, 5.74) is 2.24. The Bertz CT molecular complexity index is 1040. The van der Waals surface area contributed by atoms with Gasteiger partial charge in [0, 0.05) is 24.3 Å². The van der Waals surface area contributed by atoms with Crippen LogP contribution in [0.25, 0.3) is 22.3 Å². The fraction of sp³-hybridized carbons (Fsp3) is 0.500. The molecule has 1 fully saturated rings. The first-order chi connectivity index (χ1) is 15.3. The summed E-state index contributed by atoms with van der Waals surface area (Å²) in [4.78, 5) is 11.8. The number of hydrogen-bond acceptors (Lipinski definition) is 9. The van der Waals surface area contributed by atoms with Gasteiger partial charge in [0.2, 0.25) is 5.95 Å². The SMILES string of the molecule is CCNC(O)Nc1ccc(-c2nc(N3CCOCC3)nc3c2cnn3CC(C)(C)O)cc1. The van der Waals surface area contributed by atoms with Gasteiger partial charge in [-0.25, -0.2) is 9.67 Å². The summed E-state index contributed by atoms with van der Waals surface area (Å²) < 4.78 is 7.21. The van der Waals surface area contributed by atoms with Crippen molar-refractivity contribution in [3.05, 3.63) is 30.5 Å². The van der Waals surface area contributed by atoms with Crippen LogP contribution < -0.4 is 15.5 Å². The molecule has 0 bridgehead atoms. The number of anilines is 2. The molecule has 1 saturated heterocycles. The van der Waals surface area contributed by atoms with Crippen molar-refractivity contribution in [2.24, 2.45) is 0 Å². The van der Waals surface area contributed by atoms with Crippen molar-refractivity contribution in [1.82, 2.24) is 25.1 Å². The van der Waals surface area contributed by atoms with Crippen molar-refractivity contribution >= 4 is 22.7 Å². The zero-order valence-electron chi connectivity index (χ0n) is 18.7. The smallest absolute Gasteiger partial charge is 0.228 e. The number of ether oxygens (including phenoxy) is 1. The molecule has 0 aliphatic carbocycles. The van der Waals surface area contributed by atoms with Gasteiger partial charge in [0.05, 0.1) is 42.6 Å². The van der Waals surface area contributed by atoms with Gasteiger partial charge in [-0.05, 0) is 32.5 Å². The standard InChI is InChI=1S/C22H31N7O3/c1-4-23-21(30)25-16-7-5-15(6-8-16)18-17-13-24-29(14-22(2,3)31)19(17)27-20(26-18)28-9-11-32-12-10-28/h5-8,13,21,23,25,30-31H,4,9-12,14H2,1-3H3. The molecule has 0 radical (unpaired) electrons. The third-order valence-electron chi connectivity index (χ3n) is 5.17. The molecule has 0 amide bonds. The van der Waals surface area contributed by atoms with Crippen LogP contribution >= 0.6 is 0 Å². The molecule has 2 aromatic heterocycles. The van der Waals surface area contributed by atoms with Crippen molar-refractivity contribution < 1.29 is 14.9 Å². The Labute approximate surface area is 187 Å². The minimum Gasteiger partial charge on any atom is -0.389 e. The molecule has 0 saturated carbocycles. The molecule has 1 aromatic carbocycles. The van der Waals surface area contributed by atoms with Crippen LogP contribution in [0.1, 0.15) is 20.8 Å². The van der Waals surface area contributed by atoms with Gasteiger partial charge < -0.3 is 25.2 Å². The van der Waals surface area contributed by atoms with E-state index in [2.05, 4.69) is 20.6 Å². The maximum Gasteiger partial charge on any atom is 0.228 e. The molecule has 172 valence electrons. The van der Waals surface area contributed by atoms with Gasteiger partial charge in [-0.15, -0.1) is 0 Å². The summed E-state index contributed by atoms with van der Waals surface area (Å²) in [5.74, 6) is 0.623. The molecule has 4 rings (SSSR count). The van der Waals surface area contributed by atoms with E-state index in [0.29, 0.717) is 37.9 Å². The number of aliphatic hydroxyl groups excluding tert-OH is 1. The van der Waals surface area contributed by atoms with E-state index in [0.717, 1.165) is 35.4 Å². The molecular formula is C22H31N7O3. The first kappa shape index (κ1) is 22.4. The first-order valence-corrected chi connectivity index (χ1v) is 10.9. The first-order valence-electron chi connectivity index (χ1n) is 10.9. The number of nitrogens with zero attached hydrogens (tertiary/aromatic N) is 5. The number of nitrogens with one attached hydrogen (secondary N) is 2. The maximum atomic E-state index is 10.3. The van der Waals surface area contributed by atoms with E-state index >= 15 is 0 Å². The predicted octanol–water partition coefficient (Wildman–Crippen LogP) is 1.40. The zero-order valence-corrected chi connectivity index (χ0v) is 18.7. The lowest BCUT2D eigenvalue weighted by Crippen LogP contribution is -2.37. The Morgan fingerprint density at radius 1 is 1.16 bits per heavy atom.